The van der Waals surface area contributed by atoms with Crippen LogP contribution in [0.2, 0.25) is 0 Å². The Kier molecular flexibility index (Phi) is 4.66. The summed E-state index contributed by atoms with van der Waals surface area (Å²) in [4.78, 5) is 8.47. The van der Waals surface area contributed by atoms with Crippen LogP contribution in [-0.2, 0) is 17.6 Å². The third-order valence-electron chi connectivity index (χ3n) is 4.80. The molecule has 0 radical (unpaired) electrons. The van der Waals surface area contributed by atoms with Crippen molar-refractivity contribution in [1.29, 1.82) is 5.26 Å². The molecule has 1 aliphatic carbocycles. The van der Waals surface area contributed by atoms with E-state index in [0.29, 0.717) is 0 Å². The summed E-state index contributed by atoms with van der Waals surface area (Å²) in [5.41, 5.74) is 3.64. The van der Waals surface area contributed by atoms with Crippen LogP contribution in [0.25, 0.3) is 10.2 Å². The number of aromatic nitrogens is 1. The Morgan fingerprint density at radius 2 is 2.00 bits per heavy atom. The lowest BCUT2D eigenvalue weighted by Crippen LogP contribution is -2.37. The number of hydrogen-bond donors (Lipinski definition) is 0. The number of thioether (sulfide) groups is 1. The van der Waals surface area contributed by atoms with E-state index in [1.807, 2.05) is 0 Å². The smallest absolute Gasteiger partial charge is 0.133 e. The number of anilines is 1. The molecule has 0 spiro atoms. The van der Waals surface area contributed by atoms with Crippen LogP contribution < -0.4 is 4.90 Å². The maximum Gasteiger partial charge on any atom is 0.133 e. The molecule has 2 aromatic rings. The minimum atomic E-state index is 0.777. The standard InChI is InChI=1S/C18H21N3OS2/c1-2-23-18-14(11-19)15-12-5-3-4-6-13(12)16(20-17(15)24-18)21-7-9-22-10-8-21/h2-10H2,1H3. The lowest BCUT2D eigenvalue weighted by molar-refractivity contribution is 0.122. The number of thiophene rings is 1. The van der Waals surface area contributed by atoms with Crippen molar-refractivity contribution in [1.82, 2.24) is 4.98 Å². The molecule has 126 valence electrons. The molecule has 0 bridgehead atoms. The molecule has 0 saturated carbocycles. The molecule has 0 N–H and O–H groups in total. The van der Waals surface area contributed by atoms with E-state index in [1.165, 1.54) is 24.0 Å². The molecule has 4 rings (SSSR count). The molecule has 0 amide bonds. The predicted octanol–water partition coefficient (Wildman–Crippen LogP) is 4.00. The second-order valence-corrected chi connectivity index (χ2v) is 8.72. The average molecular weight is 360 g/mol. The fraction of sp³-hybridized carbons (Fsp3) is 0.556. The van der Waals surface area contributed by atoms with Crippen LogP contribution in [0.3, 0.4) is 0 Å². The van der Waals surface area contributed by atoms with Gasteiger partial charge in [-0.25, -0.2) is 4.98 Å². The number of nitrogens with zero attached hydrogens (tertiary/aromatic N) is 3. The van der Waals surface area contributed by atoms with Gasteiger partial charge in [-0.15, -0.1) is 23.1 Å². The molecule has 0 unspecified atom stereocenters. The van der Waals surface area contributed by atoms with E-state index < -0.39 is 0 Å². The van der Waals surface area contributed by atoms with Crippen molar-refractivity contribution in [3.05, 3.63) is 16.7 Å². The van der Waals surface area contributed by atoms with Gasteiger partial charge in [-0.3, -0.25) is 0 Å². The van der Waals surface area contributed by atoms with E-state index in [2.05, 4.69) is 17.9 Å². The van der Waals surface area contributed by atoms with Gasteiger partial charge in [-0.2, -0.15) is 5.26 Å². The third kappa shape index (κ3) is 2.69. The molecule has 6 heteroatoms. The molecule has 24 heavy (non-hydrogen) atoms. The summed E-state index contributed by atoms with van der Waals surface area (Å²) in [6, 6.07) is 2.47. The highest BCUT2D eigenvalue weighted by Crippen LogP contribution is 2.43. The van der Waals surface area contributed by atoms with Crippen LogP contribution in [0.4, 0.5) is 5.82 Å². The SMILES string of the molecule is CCSc1sc2nc(N3CCOCC3)c3c(c2c1C#N)CCCC3. The molecule has 2 aliphatic rings. The number of fused-ring (bicyclic) bond motifs is 3. The van der Waals surface area contributed by atoms with Crippen molar-refractivity contribution in [3.8, 4) is 6.07 Å². The Bertz CT molecular complexity index is 803. The molecule has 3 heterocycles. The van der Waals surface area contributed by atoms with Crippen molar-refractivity contribution in [2.75, 3.05) is 37.0 Å². The van der Waals surface area contributed by atoms with Crippen molar-refractivity contribution in [3.63, 3.8) is 0 Å². The summed E-state index contributed by atoms with van der Waals surface area (Å²) in [6.07, 6.45) is 4.60. The quantitative estimate of drug-likeness (QED) is 0.776. The van der Waals surface area contributed by atoms with Gasteiger partial charge in [-0.05, 0) is 42.6 Å². The molecule has 1 fully saturated rings. The maximum atomic E-state index is 9.74. The zero-order valence-electron chi connectivity index (χ0n) is 13.9. The summed E-state index contributed by atoms with van der Waals surface area (Å²) >= 11 is 3.46. The number of ether oxygens (including phenoxy) is 1. The number of hydrogen-bond acceptors (Lipinski definition) is 6. The van der Waals surface area contributed by atoms with Crippen molar-refractivity contribution >= 4 is 39.1 Å². The second-order valence-electron chi connectivity index (χ2n) is 6.19. The van der Waals surface area contributed by atoms with E-state index in [0.717, 1.165) is 70.7 Å². The fourth-order valence-electron chi connectivity index (χ4n) is 3.72. The predicted molar refractivity (Wildman–Crippen MR) is 100 cm³/mol. The summed E-state index contributed by atoms with van der Waals surface area (Å²) in [5, 5.41) is 10.9. The zero-order valence-corrected chi connectivity index (χ0v) is 15.6. The summed E-state index contributed by atoms with van der Waals surface area (Å²) in [5.74, 6) is 2.14. The van der Waals surface area contributed by atoms with Crippen LogP contribution in [0.5, 0.6) is 0 Å². The average Bonchev–Trinajstić information content (AvgIpc) is 2.99. The topological polar surface area (TPSA) is 49.2 Å². The summed E-state index contributed by atoms with van der Waals surface area (Å²) < 4.78 is 6.65. The van der Waals surface area contributed by atoms with E-state index >= 15 is 0 Å². The van der Waals surface area contributed by atoms with Gasteiger partial charge in [0.25, 0.3) is 0 Å². The monoisotopic (exact) mass is 359 g/mol. The van der Waals surface area contributed by atoms with E-state index in [-0.39, 0.29) is 0 Å². The lowest BCUT2D eigenvalue weighted by atomic mass is 9.89. The van der Waals surface area contributed by atoms with Gasteiger partial charge < -0.3 is 9.64 Å². The first-order valence-corrected chi connectivity index (χ1v) is 10.5. The van der Waals surface area contributed by atoms with Gasteiger partial charge in [0.2, 0.25) is 0 Å². The molecule has 0 atom stereocenters. The number of rotatable bonds is 3. The Balaban J connectivity index is 1.93. The van der Waals surface area contributed by atoms with Gasteiger partial charge in [0, 0.05) is 18.5 Å². The maximum absolute atomic E-state index is 9.74. The highest BCUT2D eigenvalue weighted by atomic mass is 32.2. The molecule has 2 aromatic heterocycles. The third-order valence-corrected chi connectivity index (χ3v) is 7.04. The molecular formula is C18H21N3OS2. The van der Waals surface area contributed by atoms with Crippen molar-refractivity contribution in [2.24, 2.45) is 0 Å². The van der Waals surface area contributed by atoms with Crippen molar-refractivity contribution in [2.45, 2.75) is 36.8 Å². The Morgan fingerprint density at radius 3 is 2.71 bits per heavy atom. The summed E-state index contributed by atoms with van der Waals surface area (Å²) in [7, 11) is 0. The Labute approximate surface area is 150 Å². The fourth-order valence-corrected chi connectivity index (χ4v) is 5.99. The molecule has 0 aromatic carbocycles. The van der Waals surface area contributed by atoms with Gasteiger partial charge in [-0.1, -0.05) is 6.92 Å². The van der Waals surface area contributed by atoms with Gasteiger partial charge >= 0.3 is 0 Å². The Morgan fingerprint density at radius 1 is 1.25 bits per heavy atom. The first kappa shape index (κ1) is 16.2. The van der Waals surface area contributed by atoms with Crippen LogP contribution in [-0.4, -0.2) is 37.0 Å². The number of aryl methyl sites for hydroxylation is 1. The number of pyridine rings is 1. The van der Waals surface area contributed by atoms with Crippen LogP contribution in [0.1, 0.15) is 36.5 Å². The van der Waals surface area contributed by atoms with E-state index in [9.17, 15) is 5.26 Å². The number of morpholine rings is 1. The van der Waals surface area contributed by atoms with Crippen molar-refractivity contribution < 1.29 is 4.74 Å². The van der Waals surface area contributed by atoms with Crippen LogP contribution in [0.15, 0.2) is 4.21 Å². The molecular weight excluding hydrogens is 338 g/mol. The molecule has 1 saturated heterocycles. The van der Waals surface area contributed by atoms with E-state index in [4.69, 9.17) is 9.72 Å². The lowest BCUT2D eigenvalue weighted by Gasteiger charge is -2.31. The van der Waals surface area contributed by atoms with Gasteiger partial charge in [0.05, 0.1) is 23.0 Å². The molecule has 1 aliphatic heterocycles. The van der Waals surface area contributed by atoms with Gasteiger partial charge in [0.1, 0.15) is 16.7 Å². The first-order valence-electron chi connectivity index (χ1n) is 8.67. The summed E-state index contributed by atoms with van der Waals surface area (Å²) in [6.45, 7) is 5.52. The van der Waals surface area contributed by atoms with Crippen LogP contribution in [0, 0.1) is 11.3 Å². The highest BCUT2D eigenvalue weighted by molar-refractivity contribution is 8.01. The second kappa shape index (κ2) is 6.91. The number of nitriles is 1. The van der Waals surface area contributed by atoms with Gasteiger partial charge in [0.15, 0.2) is 0 Å². The zero-order chi connectivity index (χ0) is 16.5. The largest absolute Gasteiger partial charge is 0.378 e. The normalized spacial score (nSPS) is 17.8. The minimum absolute atomic E-state index is 0.777. The minimum Gasteiger partial charge on any atom is -0.378 e. The first-order chi connectivity index (χ1) is 11.8. The molecule has 4 nitrogen and oxygen atoms in total. The van der Waals surface area contributed by atoms with Crippen LogP contribution >= 0.6 is 23.1 Å². The highest BCUT2D eigenvalue weighted by Gasteiger charge is 2.26. The Hall–Kier alpha value is -1.29. The van der Waals surface area contributed by atoms with E-state index in [1.54, 1.807) is 23.1 Å².